The lowest BCUT2D eigenvalue weighted by Gasteiger charge is -2.37. The van der Waals surface area contributed by atoms with Gasteiger partial charge in [0.15, 0.2) is 5.84 Å². The highest BCUT2D eigenvalue weighted by Crippen LogP contribution is 2.27. The maximum Gasteiger partial charge on any atom is 0.156 e. The van der Waals surface area contributed by atoms with E-state index in [1.807, 2.05) is 0 Å². The Morgan fingerprint density at radius 1 is 1.44 bits per heavy atom. The molecule has 3 N–H and O–H groups in total. The minimum atomic E-state index is 0.0726. The van der Waals surface area contributed by atoms with Crippen LogP contribution in [0.3, 0.4) is 0 Å². The summed E-state index contributed by atoms with van der Waals surface area (Å²) in [4.78, 5) is 2.28. The van der Waals surface area contributed by atoms with Crippen molar-refractivity contribution >= 4 is 5.84 Å². The van der Waals surface area contributed by atoms with Crippen LogP contribution in [0.4, 0.5) is 0 Å². The minimum Gasteiger partial charge on any atom is -0.409 e. The highest BCUT2D eigenvalue weighted by atomic mass is 16.4. The highest BCUT2D eigenvalue weighted by Gasteiger charge is 2.27. The van der Waals surface area contributed by atoms with Gasteiger partial charge in [-0.3, -0.25) is 4.90 Å². The van der Waals surface area contributed by atoms with E-state index < -0.39 is 0 Å². The summed E-state index contributed by atoms with van der Waals surface area (Å²) in [6.07, 6.45) is 5.93. The highest BCUT2D eigenvalue weighted by molar-refractivity contribution is 5.85. The predicted octanol–water partition coefficient (Wildman–Crippen LogP) is 2.02. The Morgan fingerprint density at radius 3 is 2.44 bits per heavy atom. The summed E-state index contributed by atoms with van der Waals surface area (Å²) in [7, 11) is 2.09. The van der Waals surface area contributed by atoms with E-state index in [0.29, 0.717) is 11.9 Å². The number of nitrogens with two attached hydrogens (primary N) is 1. The monoisotopic (exact) mass is 227 g/mol. The van der Waals surface area contributed by atoms with E-state index in [0.717, 1.165) is 12.3 Å². The fourth-order valence-corrected chi connectivity index (χ4v) is 2.68. The maximum absolute atomic E-state index is 8.76. The van der Waals surface area contributed by atoms with Crippen LogP contribution in [0.2, 0.25) is 0 Å². The average molecular weight is 227 g/mol. The lowest BCUT2D eigenvalue weighted by atomic mass is 9.86. The van der Waals surface area contributed by atoms with Gasteiger partial charge >= 0.3 is 0 Å². The second-order valence-electron chi connectivity index (χ2n) is 5.03. The van der Waals surface area contributed by atoms with E-state index in [4.69, 9.17) is 10.9 Å². The van der Waals surface area contributed by atoms with Crippen molar-refractivity contribution in [2.24, 2.45) is 16.8 Å². The summed E-state index contributed by atoms with van der Waals surface area (Å²) < 4.78 is 0. The largest absolute Gasteiger partial charge is 0.409 e. The average Bonchev–Trinajstić information content (AvgIpc) is 2.30. The van der Waals surface area contributed by atoms with Crippen molar-refractivity contribution < 1.29 is 5.21 Å². The summed E-state index contributed by atoms with van der Waals surface area (Å²) >= 11 is 0. The van der Waals surface area contributed by atoms with E-state index in [2.05, 4.69) is 31.0 Å². The predicted molar refractivity (Wildman–Crippen MR) is 66.7 cm³/mol. The van der Waals surface area contributed by atoms with Crippen LogP contribution in [-0.2, 0) is 0 Å². The summed E-state index contributed by atoms with van der Waals surface area (Å²) in [5.74, 6) is 1.19. The molecule has 4 nitrogen and oxygen atoms in total. The molecule has 0 bridgehead atoms. The van der Waals surface area contributed by atoms with Gasteiger partial charge in [-0.15, -0.1) is 0 Å². The molecular weight excluding hydrogens is 202 g/mol. The third-order valence-electron chi connectivity index (χ3n) is 3.90. The van der Waals surface area contributed by atoms with Crippen molar-refractivity contribution in [2.45, 2.75) is 58.0 Å². The molecule has 0 aliphatic heterocycles. The molecule has 0 spiro atoms. The fraction of sp³-hybridized carbons (Fsp3) is 0.917. The second kappa shape index (κ2) is 6.09. The molecule has 1 atom stereocenters. The number of likely N-dealkylation sites (N-methyl/N-ethyl adjacent to an activating group) is 1. The fourth-order valence-electron chi connectivity index (χ4n) is 2.68. The normalized spacial score (nSPS) is 29.4. The smallest absolute Gasteiger partial charge is 0.156 e. The lowest BCUT2D eigenvalue weighted by Crippen LogP contribution is -2.48. The van der Waals surface area contributed by atoms with E-state index >= 15 is 0 Å². The third-order valence-corrected chi connectivity index (χ3v) is 3.90. The van der Waals surface area contributed by atoms with Gasteiger partial charge in [0, 0.05) is 6.04 Å². The number of nitrogens with zero attached hydrogens (tertiary/aromatic N) is 2. The zero-order valence-corrected chi connectivity index (χ0v) is 10.7. The molecule has 0 aromatic rings. The van der Waals surface area contributed by atoms with Crippen LogP contribution in [0.5, 0.6) is 0 Å². The first-order chi connectivity index (χ1) is 7.60. The first kappa shape index (κ1) is 13.3. The molecule has 4 heteroatoms. The van der Waals surface area contributed by atoms with Crippen molar-refractivity contribution in [1.82, 2.24) is 4.90 Å². The van der Waals surface area contributed by atoms with Gasteiger partial charge in [0.1, 0.15) is 0 Å². The maximum atomic E-state index is 8.76. The third kappa shape index (κ3) is 3.11. The van der Waals surface area contributed by atoms with Gasteiger partial charge in [-0.2, -0.15) is 0 Å². The molecule has 1 aliphatic rings. The molecule has 0 radical (unpaired) electrons. The first-order valence-corrected chi connectivity index (χ1v) is 6.29. The Balaban J connectivity index is 2.57. The zero-order valence-electron chi connectivity index (χ0n) is 10.7. The van der Waals surface area contributed by atoms with Gasteiger partial charge in [0.05, 0.1) is 6.04 Å². The van der Waals surface area contributed by atoms with Crippen LogP contribution in [-0.4, -0.2) is 35.1 Å². The quantitative estimate of drug-likeness (QED) is 0.334. The molecule has 0 saturated heterocycles. The van der Waals surface area contributed by atoms with Crippen molar-refractivity contribution in [1.29, 1.82) is 0 Å². The minimum absolute atomic E-state index is 0.0726. The summed E-state index contributed by atoms with van der Waals surface area (Å²) in [6.45, 7) is 4.39. The van der Waals surface area contributed by atoms with E-state index in [1.165, 1.54) is 25.7 Å². The van der Waals surface area contributed by atoms with Crippen LogP contribution in [0.15, 0.2) is 5.16 Å². The standard InChI is InChI=1S/C12H25N3O/c1-4-11(12(13)14-16)15(3)10-7-5-9(2)6-8-10/h9-11,16H,4-8H2,1-3H3,(H2,13,14). The molecule has 0 aromatic carbocycles. The number of oxime groups is 1. The van der Waals surface area contributed by atoms with Crippen molar-refractivity contribution in [2.75, 3.05) is 7.05 Å². The SMILES string of the molecule is CCC(C(N)=NO)N(C)C1CCC(C)CC1. The van der Waals surface area contributed by atoms with Crippen molar-refractivity contribution in [3.63, 3.8) is 0 Å². The number of rotatable bonds is 4. The van der Waals surface area contributed by atoms with E-state index in [-0.39, 0.29) is 6.04 Å². The molecule has 0 aromatic heterocycles. The van der Waals surface area contributed by atoms with Crippen LogP contribution < -0.4 is 5.73 Å². The van der Waals surface area contributed by atoms with E-state index in [9.17, 15) is 0 Å². The van der Waals surface area contributed by atoms with Crippen molar-refractivity contribution in [3.8, 4) is 0 Å². The Kier molecular flexibility index (Phi) is 5.06. The Hall–Kier alpha value is -0.770. The number of hydrogen-bond donors (Lipinski definition) is 2. The van der Waals surface area contributed by atoms with Gasteiger partial charge in [-0.05, 0) is 45.1 Å². The lowest BCUT2D eigenvalue weighted by molar-refractivity contribution is 0.146. The Bertz CT molecular complexity index is 234. The van der Waals surface area contributed by atoms with Crippen LogP contribution in [0.25, 0.3) is 0 Å². The van der Waals surface area contributed by atoms with Gasteiger partial charge < -0.3 is 10.9 Å². The molecule has 1 fully saturated rings. The molecule has 1 rings (SSSR count). The summed E-state index contributed by atoms with van der Waals surface area (Å²) in [6, 6.07) is 0.657. The van der Waals surface area contributed by atoms with Crippen molar-refractivity contribution in [3.05, 3.63) is 0 Å². The van der Waals surface area contributed by atoms with Gasteiger partial charge in [-0.25, -0.2) is 0 Å². The van der Waals surface area contributed by atoms with Gasteiger partial charge in [-0.1, -0.05) is 19.0 Å². The molecule has 94 valence electrons. The second-order valence-corrected chi connectivity index (χ2v) is 5.03. The van der Waals surface area contributed by atoms with Crippen LogP contribution in [0, 0.1) is 5.92 Å². The molecule has 1 saturated carbocycles. The molecule has 0 amide bonds. The Morgan fingerprint density at radius 2 is 2.00 bits per heavy atom. The van der Waals surface area contributed by atoms with Gasteiger partial charge in [0.25, 0.3) is 0 Å². The molecule has 1 unspecified atom stereocenters. The molecular formula is C12H25N3O. The molecule has 16 heavy (non-hydrogen) atoms. The Labute approximate surface area is 98.5 Å². The molecule has 1 aliphatic carbocycles. The van der Waals surface area contributed by atoms with Crippen LogP contribution in [0.1, 0.15) is 46.0 Å². The first-order valence-electron chi connectivity index (χ1n) is 6.29. The molecule has 0 heterocycles. The number of hydrogen-bond acceptors (Lipinski definition) is 3. The van der Waals surface area contributed by atoms with E-state index in [1.54, 1.807) is 0 Å². The number of amidine groups is 1. The summed E-state index contributed by atoms with van der Waals surface area (Å²) in [5.41, 5.74) is 5.72. The topological polar surface area (TPSA) is 61.9 Å². The summed E-state index contributed by atoms with van der Waals surface area (Å²) in [5, 5.41) is 11.9. The zero-order chi connectivity index (χ0) is 12.1. The van der Waals surface area contributed by atoms with Gasteiger partial charge in [0.2, 0.25) is 0 Å². The van der Waals surface area contributed by atoms with Crippen LogP contribution >= 0.6 is 0 Å².